The predicted molar refractivity (Wildman–Crippen MR) is 99.1 cm³/mol. The van der Waals surface area contributed by atoms with Gasteiger partial charge in [0.05, 0.1) is 0 Å². The van der Waals surface area contributed by atoms with Crippen molar-refractivity contribution in [1.29, 1.82) is 0 Å². The number of carbonyl (C=O) groups is 1. The van der Waals surface area contributed by atoms with Gasteiger partial charge in [-0.1, -0.05) is 25.9 Å². The minimum atomic E-state index is -0.685. The summed E-state index contributed by atoms with van der Waals surface area (Å²) in [7, 11) is 0. The zero-order valence-corrected chi connectivity index (χ0v) is 16.5. The number of piperidine rings is 1. The highest BCUT2D eigenvalue weighted by Gasteiger charge is 2.42. The Morgan fingerprint density at radius 2 is 2.08 bits per heavy atom. The van der Waals surface area contributed by atoms with Gasteiger partial charge in [0, 0.05) is 17.8 Å². The van der Waals surface area contributed by atoms with Crippen LogP contribution >= 0.6 is 12.4 Å². The van der Waals surface area contributed by atoms with Crippen molar-refractivity contribution < 1.29 is 9.32 Å². The summed E-state index contributed by atoms with van der Waals surface area (Å²) in [4.78, 5) is 17.6. The molecule has 3 rings (SSSR count). The molecule has 9 heteroatoms. The van der Waals surface area contributed by atoms with Gasteiger partial charge < -0.3 is 15.2 Å². The minimum absolute atomic E-state index is 0. The van der Waals surface area contributed by atoms with Gasteiger partial charge in [-0.15, -0.1) is 12.4 Å². The van der Waals surface area contributed by atoms with E-state index in [1.165, 1.54) is 0 Å². The molecule has 0 bridgehead atoms. The largest absolute Gasteiger partial charge is 0.342 e. The highest BCUT2D eigenvalue weighted by molar-refractivity contribution is 5.85. The molecule has 0 saturated carbocycles. The van der Waals surface area contributed by atoms with Crippen molar-refractivity contribution in [2.45, 2.75) is 57.5 Å². The van der Waals surface area contributed by atoms with Crippen LogP contribution in [-0.2, 0) is 15.7 Å². The molecular weight excluding hydrogens is 356 g/mol. The van der Waals surface area contributed by atoms with E-state index in [9.17, 15) is 4.79 Å². The molecule has 8 nitrogen and oxygen atoms in total. The molecule has 2 aromatic rings. The van der Waals surface area contributed by atoms with Crippen molar-refractivity contribution >= 4 is 18.3 Å². The fourth-order valence-electron chi connectivity index (χ4n) is 3.03. The van der Waals surface area contributed by atoms with Crippen molar-refractivity contribution in [3.8, 4) is 0 Å². The van der Waals surface area contributed by atoms with Crippen LogP contribution in [0.15, 0.2) is 23.0 Å². The van der Waals surface area contributed by atoms with Crippen molar-refractivity contribution in [2.75, 3.05) is 13.1 Å². The third kappa shape index (κ3) is 3.91. The Labute approximate surface area is 159 Å². The maximum absolute atomic E-state index is 13.1. The zero-order valence-electron chi connectivity index (χ0n) is 15.7. The van der Waals surface area contributed by atoms with Gasteiger partial charge in [-0.25, -0.2) is 0 Å². The standard InChI is InChI=1S/C17H26N6O2.ClH/c1-12(13-21-14(22-25-13)16(2,3)4)20-15(24)17(6-9-18-10-7-17)23-11-5-8-19-23;/h5,8,11-12,18H,6-7,9-10H2,1-4H3,(H,20,24);1H. The fourth-order valence-corrected chi connectivity index (χ4v) is 3.03. The van der Waals surface area contributed by atoms with Crippen molar-refractivity contribution in [1.82, 2.24) is 30.6 Å². The lowest BCUT2D eigenvalue weighted by molar-refractivity contribution is -0.132. The number of hydrogen-bond acceptors (Lipinski definition) is 6. The lowest BCUT2D eigenvalue weighted by Gasteiger charge is -2.37. The number of carbonyl (C=O) groups excluding carboxylic acids is 1. The highest BCUT2D eigenvalue weighted by Crippen LogP contribution is 2.28. The van der Waals surface area contributed by atoms with Crippen LogP contribution in [-0.4, -0.2) is 38.9 Å². The topological polar surface area (TPSA) is 97.9 Å². The predicted octanol–water partition coefficient (Wildman–Crippen LogP) is 1.94. The van der Waals surface area contributed by atoms with E-state index < -0.39 is 5.54 Å². The van der Waals surface area contributed by atoms with Crippen molar-refractivity contribution in [2.24, 2.45) is 0 Å². The number of halogens is 1. The van der Waals surface area contributed by atoms with Crippen LogP contribution in [0.1, 0.15) is 58.3 Å². The first-order chi connectivity index (χ1) is 11.8. The molecular formula is C17H27ClN6O2. The molecule has 0 aromatic carbocycles. The molecule has 144 valence electrons. The Kier molecular flexibility index (Phi) is 6.08. The van der Waals surface area contributed by atoms with Gasteiger partial charge in [0.2, 0.25) is 11.8 Å². The number of amides is 1. The highest BCUT2D eigenvalue weighted by atomic mass is 35.5. The summed E-state index contributed by atoms with van der Waals surface area (Å²) in [6, 6.07) is 1.48. The molecule has 1 atom stereocenters. The van der Waals surface area contributed by atoms with Gasteiger partial charge in [-0.05, 0) is 38.9 Å². The van der Waals surface area contributed by atoms with E-state index >= 15 is 0 Å². The van der Waals surface area contributed by atoms with E-state index in [2.05, 4.69) is 25.9 Å². The second-order valence-corrected chi connectivity index (χ2v) is 7.63. The Morgan fingerprint density at radius 3 is 2.62 bits per heavy atom. The summed E-state index contributed by atoms with van der Waals surface area (Å²) in [6.45, 7) is 9.47. The van der Waals surface area contributed by atoms with E-state index in [0.29, 0.717) is 24.6 Å². The molecule has 1 amide bonds. The quantitative estimate of drug-likeness (QED) is 0.838. The Bertz CT molecular complexity index is 716. The molecule has 2 aromatic heterocycles. The monoisotopic (exact) mass is 382 g/mol. The second kappa shape index (κ2) is 7.75. The van der Waals surface area contributed by atoms with E-state index in [0.717, 1.165) is 13.1 Å². The average molecular weight is 383 g/mol. The molecule has 2 N–H and O–H groups in total. The van der Waals surface area contributed by atoms with Crippen LogP contribution in [0.4, 0.5) is 0 Å². The van der Waals surface area contributed by atoms with Crippen LogP contribution in [0.2, 0.25) is 0 Å². The summed E-state index contributed by atoms with van der Waals surface area (Å²) in [5.41, 5.74) is -0.882. The van der Waals surface area contributed by atoms with Crippen LogP contribution in [0.25, 0.3) is 0 Å². The first-order valence-electron chi connectivity index (χ1n) is 8.69. The number of hydrogen-bond donors (Lipinski definition) is 2. The average Bonchev–Trinajstić information content (AvgIpc) is 3.26. The van der Waals surface area contributed by atoms with Crippen LogP contribution < -0.4 is 10.6 Å². The summed E-state index contributed by atoms with van der Waals surface area (Å²) in [5, 5.41) is 14.7. The van der Waals surface area contributed by atoms with Gasteiger partial charge in [0.25, 0.3) is 0 Å². The zero-order chi connectivity index (χ0) is 18.1. The molecule has 1 saturated heterocycles. The summed E-state index contributed by atoms with van der Waals surface area (Å²) in [6.07, 6.45) is 4.92. The molecule has 1 aliphatic heterocycles. The lowest BCUT2D eigenvalue weighted by atomic mass is 9.87. The van der Waals surface area contributed by atoms with Gasteiger partial charge in [0.1, 0.15) is 11.6 Å². The number of rotatable bonds is 4. The van der Waals surface area contributed by atoms with Crippen LogP contribution in [0.5, 0.6) is 0 Å². The minimum Gasteiger partial charge on any atom is -0.342 e. The molecule has 1 fully saturated rings. The molecule has 0 radical (unpaired) electrons. The van der Waals surface area contributed by atoms with Gasteiger partial charge in [-0.3, -0.25) is 9.48 Å². The van der Waals surface area contributed by atoms with Crippen LogP contribution in [0, 0.1) is 0 Å². The molecule has 1 aliphatic rings. The molecule has 0 aliphatic carbocycles. The van der Waals surface area contributed by atoms with Gasteiger partial charge in [-0.2, -0.15) is 10.1 Å². The maximum atomic E-state index is 13.1. The van der Waals surface area contributed by atoms with E-state index in [1.807, 2.05) is 40.0 Å². The number of aromatic nitrogens is 4. The van der Waals surface area contributed by atoms with Gasteiger partial charge >= 0.3 is 0 Å². The summed E-state index contributed by atoms with van der Waals surface area (Å²) in [5.74, 6) is 0.982. The molecule has 3 heterocycles. The van der Waals surface area contributed by atoms with Crippen molar-refractivity contribution in [3.63, 3.8) is 0 Å². The Hall–Kier alpha value is -1.93. The summed E-state index contributed by atoms with van der Waals surface area (Å²) < 4.78 is 7.12. The SMILES string of the molecule is CC(NC(=O)C1(n2cccn2)CCNCC1)c1nc(C(C)(C)C)no1.Cl. The van der Waals surface area contributed by atoms with E-state index in [-0.39, 0.29) is 29.8 Å². The normalized spacial score (nSPS) is 18.0. The molecule has 26 heavy (non-hydrogen) atoms. The Morgan fingerprint density at radius 1 is 1.38 bits per heavy atom. The van der Waals surface area contributed by atoms with Gasteiger partial charge in [0.15, 0.2) is 5.82 Å². The smallest absolute Gasteiger partial charge is 0.248 e. The summed E-state index contributed by atoms with van der Waals surface area (Å²) >= 11 is 0. The lowest BCUT2D eigenvalue weighted by Crippen LogP contribution is -2.55. The molecule has 1 unspecified atom stereocenters. The second-order valence-electron chi connectivity index (χ2n) is 7.63. The maximum Gasteiger partial charge on any atom is 0.248 e. The fraction of sp³-hybridized carbons (Fsp3) is 0.647. The Balaban J connectivity index is 0.00000243. The van der Waals surface area contributed by atoms with E-state index in [1.54, 1.807) is 10.9 Å². The third-order valence-electron chi connectivity index (χ3n) is 4.63. The van der Waals surface area contributed by atoms with E-state index in [4.69, 9.17) is 4.52 Å². The first-order valence-corrected chi connectivity index (χ1v) is 8.69. The third-order valence-corrected chi connectivity index (χ3v) is 4.63. The first kappa shape index (κ1) is 20.4. The number of nitrogens with zero attached hydrogens (tertiary/aromatic N) is 4. The number of nitrogens with one attached hydrogen (secondary N) is 2. The van der Waals surface area contributed by atoms with Crippen LogP contribution in [0.3, 0.4) is 0 Å². The molecule has 0 spiro atoms. The van der Waals surface area contributed by atoms with Crippen molar-refractivity contribution in [3.05, 3.63) is 30.2 Å².